The average Bonchev–Trinajstić information content (AvgIpc) is 2.91. The zero-order valence-corrected chi connectivity index (χ0v) is 21.7. The highest BCUT2D eigenvalue weighted by atomic mass is 35.5. The number of rotatable bonds is 6. The van der Waals surface area contributed by atoms with E-state index in [1.807, 2.05) is 6.92 Å². The number of nitrogens with one attached hydrogen (secondary N) is 3. The van der Waals surface area contributed by atoms with E-state index in [0.29, 0.717) is 60.2 Å². The van der Waals surface area contributed by atoms with Gasteiger partial charge in [-0.1, -0.05) is 17.7 Å². The van der Waals surface area contributed by atoms with Gasteiger partial charge in [0, 0.05) is 23.1 Å². The number of anilines is 3. The Hall–Kier alpha value is -3.80. The van der Waals surface area contributed by atoms with Gasteiger partial charge < -0.3 is 20.1 Å². The number of urea groups is 2. The lowest BCUT2D eigenvalue weighted by Gasteiger charge is -2.37. The van der Waals surface area contributed by atoms with Crippen LogP contribution in [0, 0.1) is 0 Å². The third-order valence-electron chi connectivity index (χ3n) is 6.33. The molecule has 0 atom stereocenters. The van der Waals surface area contributed by atoms with E-state index < -0.39 is 22.8 Å². The molecule has 39 heavy (non-hydrogen) atoms. The van der Waals surface area contributed by atoms with Gasteiger partial charge in [-0.3, -0.25) is 5.32 Å². The molecule has 0 spiro atoms. The van der Waals surface area contributed by atoms with Crippen molar-refractivity contribution in [1.82, 2.24) is 0 Å². The fourth-order valence-electron chi connectivity index (χ4n) is 4.09. The normalized spacial score (nSPS) is 14.8. The topological polar surface area (TPSA) is 88.7 Å². The summed E-state index contributed by atoms with van der Waals surface area (Å²) in [7, 11) is 0. The molecule has 1 aliphatic heterocycles. The molecule has 0 bridgehead atoms. The number of halogens is 4. The number of quaternary nitrogens is 1. The van der Waals surface area contributed by atoms with Crippen molar-refractivity contribution in [2.75, 3.05) is 48.8 Å². The Morgan fingerprint density at radius 1 is 0.897 bits per heavy atom. The molecular weight excluding hydrogens is 537 g/mol. The van der Waals surface area contributed by atoms with E-state index in [-0.39, 0.29) is 11.7 Å². The maximum absolute atomic E-state index is 13.0. The van der Waals surface area contributed by atoms with Crippen molar-refractivity contribution in [3.05, 3.63) is 77.3 Å². The second-order valence-electron chi connectivity index (χ2n) is 8.88. The van der Waals surface area contributed by atoms with Crippen LogP contribution in [-0.2, 0) is 10.9 Å². The minimum atomic E-state index is -4.64. The maximum Gasteiger partial charge on any atom is 0.421 e. The number of hydrogen-bond donors (Lipinski definition) is 3. The molecule has 1 heterocycles. The number of benzene rings is 3. The third kappa shape index (κ3) is 7.20. The van der Waals surface area contributed by atoms with Gasteiger partial charge in [0.25, 0.3) is 0 Å². The average molecular weight is 564 g/mol. The highest BCUT2D eigenvalue weighted by Crippen LogP contribution is 2.36. The summed E-state index contributed by atoms with van der Waals surface area (Å²) in [6.07, 6.45) is -4.64. The Morgan fingerprint density at radius 2 is 1.54 bits per heavy atom. The van der Waals surface area contributed by atoms with Crippen LogP contribution in [0.2, 0.25) is 5.02 Å². The largest absolute Gasteiger partial charge is 0.457 e. The van der Waals surface area contributed by atoms with Crippen LogP contribution in [0.15, 0.2) is 66.7 Å². The Labute approximate surface area is 228 Å². The monoisotopic (exact) mass is 563 g/mol. The van der Waals surface area contributed by atoms with Crippen molar-refractivity contribution >= 4 is 40.7 Å². The van der Waals surface area contributed by atoms with Crippen molar-refractivity contribution < 1.29 is 36.7 Å². The van der Waals surface area contributed by atoms with Crippen LogP contribution in [0.5, 0.6) is 11.5 Å². The lowest BCUT2D eigenvalue weighted by atomic mass is 10.2. The maximum atomic E-state index is 13.0. The molecule has 8 nitrogen and oxygen atoms in total. The number of carbonyl (C=O) groups excluding carboxylic acids is 2. The fourth-order valence-corrected chi connectivity index (χ4v) is 4.32. The molecule has 0 aromatic heterocycles. The summed E-state index contributed by atoms with van der Waals surface area (Å²) in [5, 5.41) is 7.41. The molecule has 1 fully saturated rings. The van der Waals surface area contributed by atoms with Gasteiger partial charge in [-0.2, -0.15) is 13.2 Å². The molecule has 4 rings (SSSR count). The van der Waals surface area contributed by atoms with E-state index in [2.05, 4.69) is 16.0 Å². The zero-order chi connectivity index (χ0) is 28.0. The molecule has 12 heteroatoms. The number of hydrogen-bond acceptors (Lipinski definition) is 4. The minimum absolute atomic E-state index is 0.0587. The zero-order valence-electron chi connectivity index (χ0n) is 21.0. The van der Waals surface area contributed by atoms with Gasteiger partial charge in [0.1, 0.15) is 24.6 Å². The van der Waals surface area contributed by atoms with Gasteiger partial charge in [-0.25, -0.2) is 14.1 Å². The second-order valence-corrected chi connectivity index (χ2v) is 9.28. The number of nitrogens with zero attached hydrogens (tertiary/aromatic N) is 1. The van der Waals surface area contributed by atoms with E-state index in [4.69, 9.17) is 21.1 Å². The van der Waals surface area contributed by atoms with E-state index in [9.17, 15) is 22.8 Å². The molecule has 0 unspecified atom stereocenters. The third-order valence-corrected chi connectivity index (χ3v) is 6.66. The molecule has 206 valence electrons. The first-order chi connectivity index (χ1) is 18.6. The van der Waals surface area contributed by atoms with Crippen molar-refractivity contribution in [2.24, 2.45) is 0 Å². The summed E-state index contributed by atoms with van der Waals surface area (Å²) in [6, 6.07) is 15.7. The highest BCUT2D eigenvalue weighted by molar-refractivity contribution is 6.31. The minimum Gasteiger partial charge on any atom is -0.457 e. The van der Waals surface area contributed by atoms with Gasteiger partial charge in [0.15, 0.2) is 0 Å². The van der Waals surface area contributed by atoms with E-state index in [1.54, 1.807) is 48.5 Å². The Balaban J connectivity index is 1.34. The van der Waals surface area contributed by atoms with Crippen LogP contribution in [0.4, 0.5) is 39.8 Å². The van der Waals surface area contributed by atoms with Crippen LogP contribution in [0.1, 0.15) is 12.5 Å². The van der Waals surface area contributed by atoms with Gasteiger partial charge in [0.05, 0.1) is 30.3 Å². The molecule has 3 aromatic rings. The van der Waals surface area contributed by atoms with E-state index >= 15 is 0 Å². The van der Waals surface area contributed by atoms with Gasteiger partial charge in [0.2, 0.25) is 0 Å². The van der Waals surface area contributed by atoms with Crippen LogP contribution < -0.4 is 20.7 Å². The Bertz CT molecular complexity index is 1330. The van der Waals surface area contributed by atoms with Crippen LogP contribution in [0.3, 0.4) is 0 Å². The molecule has 3 N–H and O–H groups in total. The van der Waals surface area contributed by atoms with Gasteiger partial charge in [-0.15, -0.1) is 0 Å². The predicted octanol–water partition coefficient (Wildman–Crippen LogP) is 7.19. The second kappa shape index (κ2) is 11.9. The SMILES string of the molecule is CC[N+]1(C(=O)Nc2cccc(Oc3ccc(NC(=O)Nc4ccc(Cl)c(C(F)(F)F)c4)cc3)c2)CCOCC1. The number of carbonyl (C=O) groups is 2. The molecular formula is C27H27ClF3N4O4+. The summed E-state index contributed by atoms with van der Waals surface area (Å²) < 4.78 is 50.7. The highest BCUT2D eigenvalue weighted by Gasteiger charge is 2.37. The van der Waals surface area contributed by atoms with Crippen molar-refractivity contribution in [3.8, 4) is 11.5 Å². The van der Waals surface area contributed by atoms with E-state index in [1.165, 1.54) is 6.07 Å². The Morgan fingerprint density at radius 3 is 2.21 bits per heavy atom. The molecule has 1 saturated heterocycles. The predicted molar refractivity (Wildman–Crippen MR) is 142 cm³/mol. The first-order valence-electron chi connectivity index (χ1n) is 12.2. The summed E-state index contributed by atoms with van der Waals surface area (Å²) in [6.45, 7) is 4.95. The Kier molecular flexibility index (Phi) is 8.63. The quantitative estimate of drug-likeness (QED) is 0.277. The number of likely N-dealkylation sites (N-methyl/N-ethyl adjacent to an activating group) is 1. The smallest absolute Gasteiger partial charge is 0.421 e. The summed E-state index contributed by atoms with van der Waals surface area (Å²) >= 11 is 5.61. The molecule has 0 radical (unpaired) electrons. The van der Waals surface area contributed by atoms with Gasteiger partial charge in [-0.05, 0) is 61.5 Å². The van der Waals surface area contributed by atoms with Crippen LogP contribution >= 0.6 is 11.6 Å². The molecule has 4 amide bonds. The number of amides is 4. The van der Waals surface area contributed by atoms with Gasteiger partial charge >= 0.3 is 18.2 Å². The molecule has 3 aromatic carbocycles. The van der Waals surface area contributed by atoms with Crippen molar-refractivity contribution in [3.63, 3.8) is 0 Å². The number of morpholine rings is 1. The molecule has 0 aliphatic carbocycles. The molecule has 1 aliphatic rings. The summed E-state index contributed by atoms with van der Waals surface area (Å²) in [5.41, 5.74) is -0.109. The lowest BCUT2D eigenvalue weighted by Crippen LogP contribution is -2.60. The number of ether oxygens (including phenoxy) is 2. The molecule has 0 saturated carbocycles. The van der Waals surface area contributed by atoms with Crippen LogP contribution in [-0.4, -0.2) is 49.4 Å². The summed E-state index contributed by atoms with van der Waals surface area (Å²) in [5.74, 6) is 0.974. The first-order valence-corrected chi connectivity index (χ1v) is 12.5. The fraction of sp³-hybridized carbons (Fsp3) is 0.259. The van der Waals surface area contributed by atoms with Crippen molar-refractivity contribution in [2.45, 2.75) is 13.1 Å². The number of alkyl halides is 3. The van der Waals surface area contributed by atoms with Crippen LogP contribution in [0.25, 0.3) is 0 Å². The van der Waals surface area contributed by atoms with E-state index in [0.717, 1.165) is 12.1 Å². The standard InChI is InChI=1S/C27H26ClF3N4O4/c1-2-35(12-14-38-15-13-35)26(37)34-19-4-3-5-22(16-19)39-21-9-6-18(7-10-21)32-25(36)33-20-8-11-24(28)23(17-20)27(29,30)31/h3-11,16-17H,2,12-15H2,1H3,(H2-,32,33,34,36,37)/p+1. The van der Waals surface area contributed by atoms with Crippen molar-refractivity contribution in [1.29, 1.82) is 0 Å². The first kappa shape index (κ1) is 28.2. The lowest BCUT2D eigenvalue weighted by molar-refractivity contribution is -0.855. The summed E-state index contributed by atoms with van der Waals surface area (Å²) in [4.78, 5) is 25.3.